The predicted molar refractivity (Wildman–Crippen MR) is 77.6 cm³/mol. The summed E-state index contributed by atoms with van der Waals surface area (Å²) >= 11 is 6.07. The molecule has 1 aromatic rings. The number of nitrogens with one attached hydrogen (secondary N) is 1. The molecule has 0 aliphatic carbocycles. The highest BCUT2D eigenvalue weighted by atomic mass is 35.5. The lowest BCUT2D eigenvalue weighted by Gasteiger charge is -2.22. The zero-order chi connectivity index (χ0) is 14.6. The lowest BCUT2D eigenvalue weighted by molar-refractivity contribution is -0.133. The van der Waals surface area contributed by atoms with Crippen LogP contribution in [0.5, 0.6) is 0 Å². The summed E-state index contributed by atoms with van der Waals surface area (Å²) in [5.41, 5.74) is 0.380. The first-order chi connectivity index (χ1) is 9.55. The second kappa shape index (κ2) is 6.27. The van der Waals surface area contributed by atoms with E-state index in [9.17, 15) is 4.79 Å². The van der Waals surface area contributed by atoms with Crippen LogP contribution in [0, 0.1) is 11.8 Å². The van der Waals surface area contributed by atoms with Crippen molar-refractivity contribution < 1.29 is 14.6 Å². The van der Waals surface area contributed by atoms with E-state index in [-0.39, 0.29) is 12.5 Å². The van der Waals surface area contributed by atoms with Crippen molar-refractivity contribution in [2.75, 3.05) is 18.5 Å². The van der Waals surface area contributed by atoms with E-state index in [1.165, 1.54) is 0 Å². The third-order valence-corrected chi connectivity index (χ3v) is 3.56. The monoisotopic (exact) mass is 293 g/mol. The number of benzene rings is 1. The summed E-state index contributed by atoms with van der Waals surface area (Å²) in [4.78, 5) is 12.2. The van der Waals surface area contributed by atoms with Crippen molar-refractivity contribution >= 4 is 23.2 Å². The number of aliphatic hydroxyl groups excluding tert-OH is 1. The average Bonchev–Trinajstić information content (AvgIpc) is 2.88. The fourth-order valence-corrected chi connectivity index (χ4v) is 2.22. The van der Waals surface area contributed by atoms with Gasteiger partial charge in [-0.05, 0) is 38.0 Å². The Balaban J connectivity index is 2.18. The molecule has 1 amide bonds. The molecule has 0 aromatic heterocycles. The Morgan fingerprint density at radius 3 is 3.05 bits per heavy atom. The van der Waals surface area contributed by atoms with Gasteiger partial charge in [-0.15, -0.1) is 0 Å². The fraction of sp³-hybridized carbons (Fsp3) is 0.400. The molecule has 0 bridgehead atoms. The van der Waals surface area contributed by atoms with Crippen LogP contribution in [0.1, 0.15) is 25.3 Å². The molecule has 2 N–H and O–H groups in total. The van der Waals surface area contributed by atoms with Gasteiger partial charge in [0.1, 0.15) is 12.2 Å². The Bertz CT molecular complexity index is 568. The van der Waals surface area contributed by atoms with Crippen molar-refractivity contribution in [3.63, 3.8) is 0 Å². The van der Waals surface area contributed by atoms with Gasteiger partial charge >= 0.3 is 0 Å². The largest absolute Gasteiger partial charge is 0.384 e. The second-order valence-corrected chi connectivity index (χ2v) is 5.20. The highest BCUT2D eigenvalue weighted by Crippen LogP contribution is 2.29. The standard InChI is InChI=1S/C15H16ClNO3/c1-15(7-3-9-20-15)14(19)17-13-10-11(4-2-8-18)5-6-12(13)16/h5-6,10,18H,3,7-9H2,1H3,(H,17,19). The number of hydrogen-bond donors (Lipinski definition) is 2. The zero-order valence-corrected chi connectivity index (χ0v) is 12.0. The molecule has 5 heteroatoms. The molecule has 1 saturated heterocycles. The normalized spacial score (nSPS) is 21.1. The first kappa shape index (κ1) is 14.9. The number of amides is 1. The third kappa shape index (κ3) is 3.31. The Labute approximate surface area is 123 Å². The first-order valence-corrected chi connectivity index (χ1v) is 6.78. The van der Waals surface area contributed by atoms with E-state index in [1.54, 1.807) is 25.1 Å². The van der Waals surface area contributed by atoms with Crippen LogP contribution in [-0.4, -0.2) is 29.8 Å². The molecular weight excluding hydrogens is 278 g/mol. The van der Waals surface area contributed by atoms with E-state index >= 15 is 0 Å². The molecular formula is C15H16ClNO3. The number of halogens is 1. The van der Waals surface area contributed by atoms with Crippen LogP contribution >= 0.6 is 11.6 Å². The second-order valence-electron chi connectivity index (χ2n) is 4.79. The molecule has 0 radical (unpaired) electrons. The molecule has 1 aliphatic rings. The summed E-state index contributed by atoms with van der Waals surface area (Å²) in [6, 6.07) is 5.08. The van der Waals surface area contributed by atoms with E-state index in [0.29, 0.717) is 29.3 Å². The van der Waals surface area contributed by atoms with Gasteiger partial charge in [0.2, 0.25) is 0 Å². The van der Waals surface area contributed by atoms with Gasteiger partial charge in [-0.2, -0.15) is 0 Å². The molecule has 1 aromatic carbocycles. The fourth-order valence-electron chi connectivity index (χ4n) is 2.05. The van der Waals surface area contributed by atoms with Gasteiger partial charge in [0.15, 0.2) is 0 Å². The van der Waals surface area contributed by atoms with Crippen molar-refractivity contribution in [1.29, 1.82) is 0 Å². The van der Waals surface area contributed by atoms with Gasteiger partial charge in [0.25, 0.3) is 5.91 Å². The molecule has 1 fully saturated rings. The summed E-state index contributed by atoms with van der Waals surface area (Å²) in [6.45, 7) is 2.16. The number of rotatable bonds is 2. The first-order valence-electron chi connectivity index (χ1n) is 6.40. The Morgan fingerprint density at radius 2 is 2.40 bits per heavy atom. The molecule has 20 heavy (non-hydrogen) atoms. The van der Waals surface area contributed by atoms with Crippen LogP contribution in [0.2, 0.25) is 5.02 Å². The Morgan fingerprint density at radius 1 is 1.60 bits per heavy atom. The molecule has 1 atom stereocenters. The number of anilines is 1. The summed E-state index contributed by atoms with van der Waals surface area (Å²) in [5, 5.41) is 11.9. The quantitative estimate of drug-likeness (QED) is 0.822. The zero-order valence-electron chi connectivity index (χ0n) is 11.2. The van der Waals surface area contributed by atoms with E-state index < -0.39 is 5.60 Å². The minimum atomic E-state index is -0.796. The molecule has 1 heterocycles. The Kier molecular flexibility index (Phi) is 4.66. The third-order valence-electron chi connectivity index (χ3n) is 3.23. The molecule has 1 unspecified atom stereocenters. The Hall–Kier alpha value is -1.54. The van der Waals surface area contributed by atoms with E-state index in [4.69, 9.17) is 21.4 Å². The van der Waals surface area contributed by atoms with Gasteiger partial charge in [0.05, 0.1) is 10.7 Å². The minimum absolute atomic E-state index is 0.204. The maximum absolute atomic E-state index is 12.2. The summed E-state index contributed by atoms with van der Waals surface area (Å²) in [5.74, 6) is 5.12. The predicted octanol–water partition coefficient (Wildman–Crippen LogP) is 2.19. The van der Waals surface area contributed by atoms with Crippen molar-refractivity contribution in [1.82, 2.24) is 0 Å². The van der Waals surface area contributed by atoms with Gasteiger partial charge in [0, 0.05) is 12.2 Å². The molecule has 0 spiro atoms. The number of aliphatic hydroxyl groups is 1. The van der Waals surface area contributed by atoms with Gasteiger partial charge in [-0.25, -0.2) is 0 Å². The lowest BCUT2D eigenvalue weighted by atomic mass is 10.0. The maximum atomic E-state index is 12.2. The van der Waals surface area contributed by atoms with Gasteiger partial charge < -0.3 is 15.2 Å². The summed E-state index contributed by atoms with van der Waals surface area (Å²) in [7, 11) is 0. The summed E-state index contributed by atoms with van der Waals surface area (Å²) in [6.07, 6.45) is 1.57. The number of ether oxygens (including phenoxy) is 1. The lowest BCUT2D eigenvalue weighted by Crippen LogP contribution is -2.39. The molecule has 2 rings (SSSR count). The van der Waals surface area contributed by atoms with Crippen molar-refractivity contribution in [3.8, 4) is 11.8 Å². The molecule has 4 nitrogen and oxygen atoms in total. The SMILES string of the molecule is CC1(C(=O)Nc2cc(C#CCO)ccc2Cl)CCCO1. The highest BCUT2D eigenvalue weighted by Gasteiger charge is 2.37. The van der Waals surface area contributed by atoms with Crippen LogP contribution in [-0.2, 0) is 9.53 Å². The topological polar surface area (TPSA) is 58.6 Å². The molecule has 0 saturated carbocycles. The van der Waals surface area contributed by atoms with Crippen LogP contribution in [0.25, 0.3) is 0 Å². The number of hydrogen-bond acceptors (Lipinski definition) is 3. The minimum Gasteiger partial charge on any atom is -0.384 e. The van der Waals surface area contributed by atoms with Crippen molar-refractivity contribution in [2.45, 2.75) is 25.4 Å². The maximum Gasteiger partial charge on any atom is 0.256 e. The summed E-state index contributed by atoms with van der Waals surface area (Å²) < 4.78 is 5.49. The number of carbonyl (C=O) groups is 1. The van der Waals surface area contributed by atoms with E-state index in [1.807, 2.05) is 0 Å². The molecule has 106 valence electrons. The van der Waals surface area contributed by atoms with Crippen LogP contribution in [0.4, 0.5) is 5.69 Å². The highest BCUT2D eigenvalue weighted by molar-refractivity contribution is 6.33. The van der Waals surface area contributed by atoms with E-state index in [2.05, 4.69) is 17.2 Å². The van der Waals surface area contributed by atoms with Crippen LogP contribution < -0.4 is 5.32 Å². The average molecular weight is 294 g/mol. The van der Waals surface area contributed by atoms with Gasteiger partial charge in [-0.3, -0.25) is 4.79 Å². The van der Waals surface area contributed by atoms with Gasteiger partial charge in [-0.1, -0.05) is 23.4 Å². The van der Waals surface area contributed by atoms with Crippen LogP contribution in [0.3, 0.4) is 0 Å². The smallest absolute Gasteiger partial charge is 0.256 e. The van der Waals surface area contributed by atoms with Crippen molar-refractivity contribution in [2.24, 2.45) is 0 Å². The number of carbonyl (C=O) groups excluding carboxylic acids is 1. The van der Waals surface area contributed by atoms with Crippen molar-refractivity contribution in [3.05, 3.63) is 28.8 Å². The van der Waals surface area contributed by atoms with Crippen LogP contribution in [0.15, 0.2) is 18.2 Å². The molecule has 1 aliphatic heterocycles. The van der Waals surface area contributed by atoms with E-state index in [0.717, 1.165) is 6.42 Å².